The van der Waals surface area contributed by atoms with Gasteiger partial charge in [0.05, 0.1) is 41.3 Å². The Morgan fingerprint density at radius 3 is 1.92 bits per heavy atom. The van der Waals surface area contributed by atoms with Gasteiger partial charge >= 0.3 is 17.9 Å². The summed E-state index contributed by atoms with van der Waals surface area (Å²) in [6, 6.07) is 23.8. The monoisotopic (exact) mass is 895 g/mol. The van der Waals surface area contributed by atoms with Crippen LogP contribution >= 0.6 is 0 Å². The van der Waals surface area contributed by atoms with Crippen LogP contribution < -0.4 is 5.32 Å². The number of aliphatic hydroxyl groups is 3. The number of aliphatic hydroxyl groups excluding tert-OH is 2. The van der Waals surface area contributed by atoms with Gasteiger partial charge in [0.25, 0.3) is 5.91 Å². The second kappa shape index (κ2) is 18.2. The first-order chi connectivity index (χ1) is 30.7. The highest BCUT2D eigenvalue weighted by molar-refractivity contribution is 5.96. The summed E-state index contributed by atoms with van der Waals surface area (Å²) in [5.41, 5.74) is -5.67. The highest BCUT2D eigenvalue weighted by atomic mass is 16.6. The molecule has 0 heterocycles. The number of rotatable bonds is 13. The summed E-state index contributed by atoms with van der Waals surface area (Å²) >= 11 is 0. The molecule has 0 radical (unpaired) electrons. The van der Waals surface area contributed by atoms with Gasteiger partial charge in [0.1, 0.15) is 23.4 Å². The molecule has 348 valence electrons. The van der Waals surface area contributed by atoms with Gasteiger partial charge in [-0.25, -0.2) is 4.79 Å². The number of esters is 3. The first-order valence-electron chi connectivity index (χ1n) is 22.4. The second-order valence-corrected chi connectivity index (χ2v) is 19.1. The Kier molecular flexibility index (Phi) is 13.4. The van der Waals surface area contributed by atoms with E-state index in [4.69, 9.17) is 23.7 Å². The number of carbonyl (C=O) groups excluding carboxylic acids is 5. The molecule has 0 saturated heterocycles. The van der Waals surface area contributed by atoms with E-state index in [-0.39, 0.29) is 29.9 Å². The molecule has 14 nitrogen and oxygen atoms in total. The van der Waals surface area contributed by atoms with Crippen molar-refractivity contribution in [2.75, 3.05) is 0 Å². The van der Waals surface area contributed by atoms with Crippen LogP contribution in [0.5, 0.6) is 0 Å². The van der Waals surface area contributed by atoms with Crippen LogP contribution in [0.15, 0.2) is 102 Å². The average Bonchev–Trinajstić information content (AvgIpc) is 3.26. The molecule has 3 unspecified atom stereocenters. The molecule has 2 bridgehead atoms. The van der Waals surface area contributed by atoms with Crippen molar-refractivity contribution < 1.29 is 63.0 Å². The largest absolute Gasteiger partial charge is 0.458 e. The molecule has 7 rings (SSSR count). The number of carbonyl (C=O) groups is 5. The minimum absolute atomic E-state index is 0.135. The third-order valence-corrected chi connectivity index (χ3v) is 14.6. The van der Waals surface area contributed by atoms with Gasteiger partial charge in [0.15, 0.2) is 18.2 Å². The molecule has 65 heavy (non-hydrogen) atoms. The van der Waals surface area contributed by atoms with E-state index in [1.165, 1.54) is 13.8 Å². The van der Waals surface area contributed by atoms with E-state index < -0.39 is 113 Å². The van der Waals surface area contributed by atoms with Gasteiger partial charge in [-0.2, -0.15) is 0 Å². The lowest BCUT2D eigenvalue weighted by Gasteiger charge is -2.68. The minimum Gasteiger partial charge on any atom is -0.458 e. The van der Waals surface area contributed by atoms with Crippen molar-refractivity contribution in [1.29, 1.82) is 0 Å². The van der Waals surface area contributed by atoms with Gasteiger partial charge in [0, 0.05) is 37.2 Å². The quantitative estimate of drug-likeness (QED) is 0.0677. The van der Waals surface area contributed by atoms with Crippen LogP contribution in [0.1, 0.15) is 113 Å². The third-order valence-electron chi connectivity index (χ3n) is 14.6. The zero-order valence-electron chi connectivity index (χ0n) is 38.2. The predicted molar refractivity (Wildman–Crippen MR) is 236 cm³/mol. The molecular formula is C51H61NO13. The molecular weight excluding hydrogens is 835 g/mol. The van der Waals surface area contributed by atoms with Gasteiger partial charge in [0.2, 0.25) is 0 Å². The molecule has 0 aromatic heterocycles. The summed E-state index contributed by atoms with van der Waals surface area (Å²) in [6.07, 6.45) is -9.10. The summed E-state index contributed by atoms with van der Waals surface area (Å²) in [4.78, 5) is 70.5. The number of hydrogen-bond acceptors (Lipinski definition) is 13. The Labute approximate surface area is 379 Å². The fourth-order valence-electron chi connectivity index (χ4n) is 11.3. The van der Waals surface area contributed by atoms with Crippen molar-refractivity contribution in [3.05, 3.63) is 119 Å². The fourth-order valence-corrected chi connectivity index (χ4v) is 11.3. The molecule has 14 heteroatoms. The SMILES string of the molecule is CC(=O)O[C@H]1C(=O)[C@@]2(C)C(C(OC(=O)c3ccccc3)[C@]3(O)C[C@H](OC(O)[C@H](O)[C@@H](NC(=O)c4ccccc4)c4ccccc4)C(C)=C1C3(C)C)[C@]1(OC(C)=O)CC[C@@H]1C[C@@H]2OC(C)C. The van der Waals surface area contributed by atoms with Crippen molar-refractivity contribution in [3.63, 3.8) is 0 Å². The molecule has 12 atom stereocenters. The predicted octanol–water partition coefficient (Wildman–Crippen LogP) is 5.97. The smallest absolute Gasteiger partial charge is 0.338 e. The second-order valence-electron chi connectivity index (χ2n) is 19.1. The Bertz CT molecular complexity index is 2300. The maximum Gasteiger partial charge on any atom is 0.338 e. The number of benzene rings is 3. The van der Waals surface area contributed by atoms with Crippen molar-refractivity contribution >= 4 is 29.6 Å². The zero-order valence-corrected chi connectivity index (χ0v) is 38.2. The average molecular weight is 896 g/mol. The van der Waals surface area contributed by atoms with Crippen LogP contribution in [0.3, 0.4) is 0 Å². The fraction of sp³-hybridized carbons (Fsp3) is 0.510. The third kappa shape index (κ3) is 8.44. The highest BCUT2D eigenvalue weighted by Crippen LogP contribution is 2.68. The molecule has 4 N–H and O–H groups in total. The Balaban J connectivity index is 1.41. The highest BCUT2D eigenvalue weighted by Gasteiger charge is 2.77. The number of ketones is 1. The summed E-state index contributed by atoms with van der Waals surface area (Å²) in [5.74, 6) is -5.10. The van der Waals surface area contributed by atoms with Gasteiger partial charge in [-0.15, -0.1) is 0 Å². The van der Waals surface area contributed by atoms with E-state index in [1.807, 2.05) is 13.8 Å². The Hall–Kier alpha value is -5.25. The van der Waals surface area contributed by atoms with E-state index in [1.54, 1.807) is 119 Å². The van der Waals surface area contributed by atoms with E-state index in [9.17, 15) is 34.5 Å². The Morgan fingerprint density at radius 2 is 1.38 bits per heavy atom. The lowest BCUT2D eigenvalue weighted by Crippen LogP contribution is -2.79. The van der Waals surface area contributed by atoms with Gasteiger partial charge in [-0.05, 0) is 87.9 Å². The van der Waals surface area contributed by atoms with Gasteiger partial charge in [-0.1, -0.05) is 80.6 Å². The maximum absolute atomic E-state index is 16.0. The molecule has 3 aromatic rings. The molecule has 4 aliphatic carbocycles. The number of Topliss-reactive ketones (excluding diaryl/α,β-unsaturated/α-hetero) is 1. The molecule has 1 amide bonds. The normalized spacial score (nSPS) is 31.7. The van der Waals surface area contributed by atoms with Crippen LogP contribution in [0, 0.1) is 22.7 Å². The number of amides is 1. The number of fused-ring (bicyclic) bond motifs is 5. The van der Waals surface area contributed by atoms with Crippen molar-refractivity contribution in [1.82, 2.24) is 5.32 Å². The summed E-state index contributed by atoms with van der Waals surface area (Å²) in [7, 11) is 0. The molecule has 0 spiro atoms. The van der Waals surface area contributed by atoms with Crippen molar-refractivity contribution in [2.24, 2.45) is 22.7 Å². The van der Waals surface area contributed by atoms with Crippen LogP contribution in [-0.4, -0.2) is 99.0 Å². The van der Waals surface area contributed by atoms with Crippen LogP contribution in [0.2, 0.25) is 0 Å². The minimum atomic E-state index is -2.25. The Morgan fingerprint density at radius 1 is 0.800 bits per heavy atom. The van der Waals surface area contributed by atoms with Crippen LogP contribution in [0.4, 0.5) is 0 Å². The lowest BCUT2D eigenvalue weighted by molar-refractivity contribution is -0.305. The van der Waals surface area contributed by atoms with E-state index in [2.05, 4.69) is 5.32 Å². The first kappa shape index (κ1) is 47.7. The number of ether oxygens (including phenoxy) is 5. The summed E-state index contributed by atoms with van der Waals surface area (Å²) in [5, 5.41) is 40.7. The molecule has 0 aliphatic heterocycles. The number of hydrogen-bond donors (Lipinski definition) is 4. The van der Waals surface area contributed by atoms with Gasteiger partial charge < -0.3 is 44.3 Å². The first-order valence-corrected chi connectivity index (χ1v) is 22.4. The standard InChI is InChI=1S/C51H61NO13/c1-28(2)61-37-26-35-24-25-50(35,65-31(5)54)42-44(64-46(58)34-22-16-11-17-23-34)51(60)27-36(29(3)38(48(51,6)7)41(62-30(4)53)43(56)49(37,42)8)63-47(59)40(55)39(32-18-12-9-13-19-32)52-45(57)33-20-14-10-15-21-33/h9-23,28,35-37,39-42,44,47,55,59-60H,24-27H2,1-8H3,(H,52,57)/t35-,36+,37+,39+,40-,41-,42?,44?,47?,49-,50+,51-/m1/s1. The maximum atomic E-state index is 16.0. The molecule has 3 aromatic carbocycles. The number of nitrogens with one attached hydrogen (secondary N) is 1. The van der Waals surface area contributed by atoms with Gasteiger partial charge in [-0.3, -0.25) is 19.2 Å². The van der Waals surface area contributed by atoms with Crippen molar-refractivity contribution in [3.8, 4) is 0 Å². The molecule has 4 aliphatic rings. The zero-order chi connectivity index (χ0) is 47.2. The van der Waals surface area contributed by atoms with Crippen LogP contribution in [-0.2, 0) is 38.1 Å². The summed E-state index contributed by atoms with van der Waals surface area (Å²) < 4.78 is 32.1. The lowest BCUT2D eigenvalue weighted by atomic mass is 9.41. The van der Waals surface area contributed by atoms with E-state index >= 15 is 4.79 Å². The van der Waals surface area contributed by atoms with Crippen molar-refractivity contribution in [2.45, 2.75) is 141 Å². The molecule has 3 fully saturated rings. The van der Waals surface area contributed by atoms with E-state index in [0.717, 1.165) is 0 Å². The van der Waals surface area contributed by atoms with E-state index in [0.29, 0.717) is 23.1 Å². The molecule has 3 saturated carbocycles. The topological polar surface area (TPSA) is 204 Å². The summed E-state index contributed by atoms with van der Waals surface area (Å²) in [6.45, 7) is 12.7. The van der Waals surface area contributed by atoms with Crippen LogP contribution in [0.25, 0.3) is 0 Å².